The summed E-state index contributed by atoms with van der Waals surface area (Å²) in [6.07, 6.45) is -4.48. The number of hydrogen-bond donors (Lipinski definition) is 4. The number of aliphatic carboxylic acids is 2. The highest BCUT2D eigenvalue weighted by molar-refractivity contribution is 7.51. The summed E-state index contributed by atoms with van der Waals surface area (Å²) in [4.78, 5) is 37.4. The van der Waals surface area contributed by atoms with Gasteiger partial charge < -0.3 is 20.0 Å². The van der Waals surface area contributed by atoms with E-state index in [1.54, 1.807) is 0 Å². The second-order valence-electron chi connectivity index (χ2n) is 2.92. The topological polar surface area (TPSA) is 132 Å². The van der Waals surface area contributed by atoms with Crippen LogP contribution in [0.2, 0.25) is 0 Å². The molecule has 15 heavy (non-hydrogen) atoms. The average Bonchev–Trinajstić information content (AvgIpc) is 1.99. The van der Waals surface area contributed by atoms with E-state index in [1.165, 1.54) is 0 Å². The highest BCUT2D eigenvalue weighted by Crippen LogP contribution is 2.38. The Hall–Kier alpha value is -0.980. The van der Waals surface area contributed by atoms with Crippen molar-refractivity contribution in [1.29, 1.82) is 0 Å². The molecule has 0 saturated heterocycles. The van der Waals surface area contributed by atoms with Gasteiger partial charge in [0.25, 0.3) is 0 Å². The second-order valence-corrected chi connectivity index (χ2v) is 4.62. The van der Waals surface area contributed by atoms with E-state index in [0.29, 0.717) is 0 Å². The first-order valence-corrected chi connectivity index (χ1v) is 5.57. The van der Waals surface area contributed by atoms with Gasteiger partial charge in [0.1, 0.15) is 0 Å². The number of rotatable bonds is 6. The fraction of sp³-hybridized carbons (Fsp3) is 0.667. The van der Waals surface area contributed by atoms with Gasteiger partial charge in [-0.3, -0.25) is 9.36 Å². The lowest BCUT2D eigenvalue weighted by Gasteiger charge is -2.13. The summed E-state index contributed by atoms with van der Waals surface area (Å²) in [6, 6.07) is 0. The molecule has 88 valence electrons. The maximum Gasteiger partial charge on any atom is 0.338 e. The first-order chi connectivity index (χ1) is 6.63. The summed E-state index contributed by atoms with van der Waals surface area (Å²) in [5.41, 5.74) is 0. The van der Waals surface area contributed by atoms with Gasteiger partial charge in [-0.2, -0.15) is 0 Å². The van der Waals surface area contributed by atoms with E-state index in [9.17, 15) is 18.5 Å². The van der Waals surface area contributed by atoms with Crippen molar-refractivity contribution in [2.24, 2.45) is 5.92 Å². The van der Waals surface area contributed by atoms with Gasteiger partial charge in [0, 0.05) is 6.42 Å². The predicted octanol–water partition coefficient (Wildman–Crippen LogP) is -0.322. The molecule has 0 saturated carbocycles. The molecular formula is C6H10FO7P. The van der Waals surface area contributed by atoms with Gasteiger partial charge in [-0.25, -0.2) is 9.18 Å². The smallest absolute Gasteiger partial charge is 0.338 e. The first kappa shape index (κ1) is 14.0. The standard InChI is InChI=1S/C6H10FO7P/c7-4(6(10)11)1-3(5(8)9)2-15(12,13)14/h3-4H,1-2H2,(H,8,9)(H,10,11)(H2,12,13,14)/t3-,4?/m1/s1/i7-1. The Morgan fingerprint density at radius 2 is 1.67 bits per heavy atom. The van der Waals surface area contributed by atoms with E-state index >= 15 is 0 Å². The second kappa shape index (κ2) is 5.20. The SMILES string of the molecule is O=C(O)C([18F])C[C@H](CP(=O)(O)O)C(=O)O. The molecule has 9 heteroatoms. The molecule has 0 aromatic heterocycles. The Kier molecular flexibility index (Phi) is 4.86. The zero-order valence-electron chi connectivity index (χ0n) is 7.41. The number of carbonyl (C=O) groups is 2. The third kappa shape index (κ3) is 6.16. The van der Waals surface area contributed by atoms with Crippen LogP contribution in [0.4, 0.5) is 4.39 Å². The molecule has 0 aromatic carbocycles. The van der Waals surface area contributed by atoms with Crippen molar-refractivity contribution in [3.63, 3.8) is 0 Å². The van der Waals surface area contributed by atoms with Crippen molar-refractivity contribution in [3.8, 4) is 0 Å². The highest BCUT2D eigenvalue weighted by Gasteiger charge is 2.32. The minimum absolute atomic E-state index is 0.963. The van der Waals surface area contributed by atoms with E-state index in [1.807, 2.05) is 0 Å². The van der Waals surface area contributed by atoms with E-state index in [0.717, 1.165) is 0 Å². The van der Waals surface area contributed by atoms with E-state index < -0.39 is 44.2 Å². The molecule has 2 atom stereocenters. The lowest BCUT2D eigenvalue weighted by atomic mass is 10.0. The summed E-state index contributed by atoms with van der Waals surface area (Å²) in [7, 11) is -4.60. The molecule has 4 N–H and O–H groups in total. The molecule has 7 nitrogen and oxygen atoms in total. The van der Waals surface area contributed by atoms with Gasteiger partial charge in [0.15, 0.2) is 6.17 Å². The number of carboxylic acid groups (broad SMARTS) is 2. The lowest BCUT2D eigenvalue weighted by molar-refractivity contribution is -0.146. The molecule has 0 heterocycles. The highest BCUT2D eigenvalue weighted by atomic mass is 31.2. The molecule has 0 aromatic rings. The van der Waals surface area contributed by atoms with Crippen molar-refractivity contribution in [1.82, 2.24) is 0 Å². The largest absolute Gasteiger partial charge is 0.481 e. The monoisotopic (exact) mass is 243 g/mol. The maximum atomic E-state index is 12.6. The number of carboxylic acids is 2. The summed E-state index contributed by atoms with van der Waals surface area (Å²) < 4.78 is 23.1. The Morgan fingerprint density at radius 3 is 1.93 bits per heavy atom. The Balaban J connectivity index is 4.49. The summed E-state index contributed by atoms with van der Waals surface area (Å²) >= 11 is 0. The Bertz CT molecular complexity index is 298. The molecule has 0 fully saturated rings. The summed E-state index contributed by atoms with van der Waals surface area (Å²) in [5.74, 6) is -5.20. The molecule has 0 aliphatic carbocycles. The van der Waals surface area contributed by atoms with Crippen molar-refractivity contribution < 1.29 is 38.5 Å². The summed E-state index contributed by atoms with van der Waals surface area (Å²) in [5, 5.41) is 16.6. The van der Waals surface area contributed by atoms with Crippen LogP contribution in [-0.4, -0.2) is 44.3 Å². The fourth-order valence-electron chi connectivity index (χ4n) is 0.891. The van der Waals surface area contributed by atoms with Crippen molar-refractivity contribution in [2.75, 3.05) is 6.16 Å². The number of halogens is 1. The molecular weight excluding hydrogens is 233 g/mol. The van der Waals surface area contributed by atoms with Crippen molar-refractivity contribution >= 4 is 19.5 Å². The van der Waals surface area contributed by atoms with Crippen LogP contribution in [-0.2, 0) is 14.2 Å². The minimum Gasteiger partial charge on any atom is -0.481 e. The minimum atomic E-state index is -4.60. The zero-order chi connectivity index (χ0) is 12.2. The van der Waals surface area contributed by atoms with Gasteiger partial charge in [-0.05, 0) is 0 Å². The molecule has 1 unspecified atom stereocenters. The van der Waals surface area contributed by atoms with Gasteiger partial charge in [0.05, 0.1) is 12.1 Å². The van der Waals surface area contributed by atoms with E-state index in [2.05, 4.69) is 0 Å². The quantitative estimate of drug-likeness (QED) is 0.470. The van der Waals surface area contributed by atoms with Crippen LogP contribution in [0, 0.1) is 5.92 Å². The molecule has 0 aliphatic heterocycles. The summed E-state index contributed by atoms with van der Waals surface area (Å²) in [6.45, 7) is 0. The zero-order valence-corrected chi connectivity index (χ0v) is 8.30. The van der Waals surface area contributed by atoms with Gasteiger partial charge in [0.2, 0.25) is 0 Å². The molecule has 0 rings (SSSR count). The first-order valence-electron chi connectivity index (χ1n) is 3.77. The van der Waals surface area contributed by atoms with Crippen LogP contribution in [0.1, 0.15) is 6.42 Å². The van der Waals surface area contributed by atoms with Gasteiger partial charge in [-0.15, -0.1) is 0 Å². The van der Waals surface area contributed by atoms with Gasteiger partial charge >= 0.3 is 19.5 Å². The molecule has 0 radical (unpaired) electrons. The maximum absolute atomic E-state index is 12.6. The molecule has 0 amide bonds. The number of alkyl halides is 1. The molecule has 0 aliphatic rings. The molecule has 0 spiro atoms. The fourth-order valence-corrected chi connectivity index (χ4v) is 1.77. The van der Waals surface area contributed by atoms with Crippen molar-refractivity contribution in [2.45, 2.75) is 12.6 Å². The average molecular weight is 243 g/mol. The van der Waals surface area contributed by atoms with Crippen LogP contribution >= 0.6 is 7.60 Å². The Morgan fingerprint density at radius 1 is 1.20 bits per heavy atom. The van der Waals surface area contributed by atoms with Crippen LogP contribution in [0.15, 0.2) is 0 Å². The third-order valence-electron chi connectivity index (χ3n) is 1.57. The molecule has 0 bridgehead atoms. The van der Waals surface area contributed by atoms with Crippen molar-refractivity contribution in [3.05, 3.63) is 0 Å². The van der Waals surface area contributed by atoms with Crippen LogP contribution in [0.5, 0.6) is 0 Å². The number of hydrogen-bond acceptors (Lipinski definition) is 3. The Labute approximate surface area is 83.7 Å². The van der Waals surface area contributed by atoms with Crippen LogP contribution in [0.3, 0.4) is 0 Å². The lowest BCUT2D eigenvalue weighted by Crippen LogP contribution is -2.26. The normalized spacial score (nSPS) is 15.7. The van der Waals surface area contributed by atoms with E-state index in [-0.39, 0.29) is 0 Å². The van der Waals surface area contributed by atoms with Crippen LogP contribution < -0.4 is 0 Å². The van der Waals surface area contributed by atoms with Gasteiger partial charge in [-0.1, -0.05) is 0 Å². The predicted molar refractivity (Wildman–Crippen MR) is 45.2 cm³/mol. The van der Waals surface area contributed by atoms with E-state index in [4.69, 9.17) is 20.0 Å². The third-order valence-corrected chi connectivity index (χ3v) is 2.48. The van der Waals surface area contributed by atoms with Crippen LogP contribution in [0.25, 0.3) is 0 Å².